The number of hydrogen-bond donors (Lipinski definition) is 1. The number of nitrogens with one attached hydrogen (secondary N) is 1. The van der Waals surface area contributed by atoms with Gasteiger partial charge in [0.05, 0.1) is 0 Å². The molecule has 0 aliphatic heterocycles. The molecule has 1 N–H and O–H groups in total. The quantitative estimate of drug-likeness (QED) is 0.653. The van der Waals surface area contributed by atoms with E-state index < -0.39 is 8.56 Å². The minimum atomic E-state index is -1.87. The van der Waals surface area contributed by atoms with E-state index in [1.807, 2.05) is 0 Å². The highest BCUT2D eigenvalue weighted by Gasteiger charge is 2.31. The van der Waals surface area contributed by atoms with Crippen LogP contribution in [0, 0.1) is 5.41 Å². The molecule has 0 amide bonds. The summed E-state index contributed by atoms with van der Waals surface area (Å²) >= 11 is 0. The lowest BCUT2D eigenvalue weighted by atomic mass is 9.90. The summed E-state index contributed by atoms with van der Waals surface area (Å²) in [7, 11) is 1.64. The average Bonchev–Trinajstić information content (AvgIpc) is 2.23. The molecule has 3 nitrogen and oxygen atoms in total. The first-order chi connectivity index (χ1) is 6.89. The zero-order valence-corrected chi connectivity index (χ0v) is 12.1. The van der Waals surface area contributed by atoms with E-state index in [4.69, 9.17) is 8.85 Å². The summed E-state index contributed by atoms with van der Waals surface area (Å²) in [5, 5.41) is 3.39. The van der Waals surface area contributed by atoms with E-state index in [0.29, 0.717) is 5.41 Å². The molecule has 0 saturated carbocycles. The molecule has 15 heavy (non-hydrogen) atoms. The summed E-state index contributed by atoms with van der Waals surface area (Å²) in [4.78, 5) is 0. The molecule has 0 aliphatic carbocycles. The van der Waals surface area contributed by atoms with Gasteiger partial charge >= 0.3 is 8.56 Å². The fraction of sp³-hybridized carbons (Fsp3) is 1.00. The first kappa shape index (κ1) is 15.1. The van der Waals surface area contributed by atoms with E-state index in [-0.39, 0.29) is 0 Å². The summed E-state index contributed by atoms with van der Waals surface area (Å²) in [6.45, 7) is 10.9. The SMILES string of the molecule is CCNCC(C)(C)CC[Si](C)(OC)OC. The van der Waals surface area contributed by atoms with Crippen molar-refractivity contribution in [2.24, 2.45) is 5.41 Å². The van der Waals surface area contributed by atoms with Crippen LogP contribution in [0.2, 0.25) is 12.6 Å². The Kier molecular flexibility index (Phi) is 6.67. The van der Waals surface area contributed by atoms with Crippen molar-refractivity contribution in [3.8, 4) is 0 Å². The van der Waals surface area contributed by atoms with Crippen LogP contribution in [0.3, 0.4) is 0 Å². The van der Waals surface area contributed by atoms with Crippen molar-refractivity contribution in [3.05, 3.63) is 0 Å². The van der Waals surface area contributed by atoms with E-state index in [1.165, 1.54) is 0 Å². The Bertz CT molecular complexity index is 170. The van der Waals surface area contributed by atoms with E-state index >= 15 is 0 Å². The molecule has 92 valence electrons. The summed E-state index contributed by atoms with van der Waals surface area (Å²) in [6, 6.07) is 1.05. The monoisotopic (exact) mass is 233 g/mol. The molecule has 0 bridgehead atoms. The molecule has 0 unspecified atom stereocenters. The maximum Gasteiger partial charge on any atom is 0.334 e. The fourth-order valence-corrected chi connectivity index (χ4v) is 3.11. The van der Waals surface area contributed by atoms with E-state index in [1.54, 1.807) is 14.2 Å². The van der Waals surface area contributed by atoms with Crippen molar-refractivity contribution in [1.29, 1.82) is 0 Å². The van der Waals surface area contributed by atoms with Crippen LogP contribution in [0.25, 0.3) is 0 Å². The zero-order chi connectivity index (χ0) is 11.9. The van der Waals surface area contributed by atoms with Gasteiger partial charge in [0.2, 0.25) is 0 Å². The molecule has 0 radical (unpaired) electrons. The molecule has 0 rings (SSSR count). The summed E-state index contributed by atoms with van der Waals surface area (Å²) in [6.07, 6.45) is 1.14. The molecule has 0 aromatic carbocycles. The van der Waals surface area contributed by atoms with Gasteiger partial charge in [-0.1, -0.05) is 20.8 Å². The van der Waals surface area contributed by atoms with Crippen molar-refractivity contribution in [2.45, 2.75) is 39.8 Å². The van der Waals surface area contributed by atoms with Gasteiger partial charge in [-0.05, 0) is 31.0 Å². The van der Waals surface area contributed by atoms with Crippen molar-refractivity contribution in [1.82, 2.24) is 5.32 Å². The molecule has 0 aromatic rings. The lowest BCUT2D eigenvalue weighted by Gasteiger charge is -2.29. The zero-order valence-electron chi connectivity index (χ0n) is 11.1. The Balaban J connectivity index is 4.00. The molecule has 0 atom stereocenters. The predicted octanol–water partition coefficient (Wildman–Crippen LogP) is 2.38. The Morgan fingerprint density at radius 1 is 1.20 bits per heavy atom. The lowest BCUT2D eigenvalue weighted by Crippen LogP contribution is -2.38. The minimum absolute atomic E-state index is 0.321. The average molecular weight is 233 g/mol. The van der Waals surface area contributed by atoms with Gasteiger partial charge in [0.15, 0.2) is 0 Å². The standard InChI is InChI=1S/C11H27NO2Si/c1-7-12-10-11(2,3)8-9-15(6,13-4)14-5/h12H,7-10H2,1-6H3. The van der Waals surface area contributed by atoms with Gasteiger partial charge in [0.1, 0.15) is 0 Å². The largest absolute Gasteiger partial charge is 0.398 e. The molecule has 0 saturated heterocycles. The summed E-state index contributed by atoms with van der Waals surface area (Å²) in [5.41, 5.74) is 0.321. The highest BCUT2D eigenvalue weighted by Crippen LogP contribution is 2.26. The Hall–Kier alpha value is 0.0969. The third-order valence-corrected chi connectivity index (χ3v) is 5.86. The highest BCUT2D eigenvalue weighted by atomic mass is 28.4. The van der Waals surface area contributed by atoms with Gasteiger partial charge in [-0.15, -0.1) is 0 Å². The molecule has 0 heterocycles. The first-order valence-electron chi connectivity index (χ1n) is 5.70. The molecule has 4 heteroatoms. The van der Waals surface area contributed by atoms with Gasteiger partial charge in [-0.25, -0.2) is 0 Å². The van der Waals surface area contributed by atoms with Crippen LogP contribution < -0.4 is 5.32 Å². The maximum absolute atomic E-state index is 5.48. The van der Waals surface area contributed by atoms with Gasteiger partial charge in [0, 0.05) is 20.8 Å². The van der Waals surface area contributed by atoms with Crippen molar-refractivity contribution < 1.29 is 8.85 Å². The fourth-order valence-electron chi connectivity index (χ4n) is 1.40. The first-order valence-corrected chi connectivity index (χ1v) is 8.22. The van der Waals surface area contributed by atoms with Gasteiger partial charge in [-0.3, -0.25) is 0 Å². The number of rotatable bonds is 8. The number of hydrogen-bond acceptors (Lipinski definition) is 3. The van der Waals surface area contributed by atoms with Crippen LogP contribution in [0.15, 0.2) is 0 Å². The predicted molar refractivity (Wildman–Crippen MR) is 67.4 cm³/mol. The molecule has 0 aromatic heterocycles. The third kappa shape index (κ3) is 6.30. The Morgan fingerprint density at radius 2 is 1.73 bits per heavy atom. The van der Waals surface area contributed by atoms with Crippen LogP contribution in [0.1, 0.15) is 27.2 Å². The summed E-state index contributed by atoms with van der Waals surface area (Å²) < 4.78 is 11.0. The van der Waals surface area contributed by atoms with Gasteiger partial charge in [0.25, 0.3) is 0 Å². The van der Waals surface area contributed by atoms with Crippen molar-refractivity contribution in [2.75, 3.05) is 27.3 Å². The lowest BCUT2D eigenvalue weighted by molar-refractivity contribution is 0.235. The van der Waals surface area contributed by atoms with Crippen LogP contribution in [0.5, 0.6) is 0 Å². The highest BCUT2D eigenvalue weighted by molar-refractivity contribution is 6.65. The van der Waals surface area contributed by atoms with Crippen LogP contribution in [-0.2, 0) is 8.85 Å². The second kappa shape index (κ2) is 6.63. The Labute approximate surface area is 95.8 Å². The van der Waals surface area contributed by atoms with Crippen LogP contribution >= 0.6 is 0 Å². The van der Waals surface area contributed by atoms with E-state index in [9.17, 15) is 0 Å². The topological polar surface area (TPSA) is 30.5 Å². The Morgan fingerprint density at radius 3 is 2.13 bits per heavy atom. The molecule has 0 aliphatic rings. The molecular weight excluding hydrogens is 206 g/mol. The molecular formula is C11H27NO2Si. The minimum Gasteiger partial charge on any atom is -0.398 e. The third-order valence-electron chi connectivity index (χ3n) is 2.97. The van der Waals surface area contributed by atoms with Crippen molar-refractivity contribution in [3.63, 3.8) is 0 Å². The summed E-state index contributed by atoms with van der Waals surface area (Å²) in [5.74, 6) is 0. The molecule has 0 fully saturated rings. The van der Waals surface area contributed by atoms with Gasteiger partial charge in [-0.2, -0.15) is 0 Å². The second-order valence-corrected chi connectivity index (χ2v) is 8.57. The van der Waals surface area contributed by atoms with Crippen molar-refractivity contribution >= 4 is 8.56 Å². The molecule has 0 spiro atoms. The van der Waals surface area contributed by atoms with Gasteiger partial charge < -0.3 is 14.2 Å². The normalized spacial score (nSPS) is 13.2. The smallest absolute Gasteiger partial charge is 0.334 e. The van der Waals surface area contributed by atoms with E-state index in [2.05, 4.69) is 32.6 Å². The maximum atomic E-state index is 5.48. The second-order valence-electron chi connectivity index (χ2n) is 4.99. The van der Waals surface area contributed by atoms with E-state index in [0.717, 1.165) is 25.6 Å². The van der Waals surface area contributed by atoms with Crippen LogP contribution in [0.4, 0.5) is 0 Å². The van der Waals surface area contributed by atoms with Crippen LogP contribution in [-0.4, -0.2) is 35.9 Å².